The monoisotopic (exact) mass is 442 g/mol. The second kappa shape index (κ2) is 9.98. The van der Waals surface area contributed by atoms with Gasteiger partial charge in [-0.1, -0.05) is 72.4 Å². The molecule has 0 fully saturated rings. The van der Waals surface area contributed by atoms with Gasteiger partial charge in [-0.3, -0.25) is 9.59 Å². The molecule has 32 heavy (non-hydrogen) atoms. The third kappa shape index (κ3) is 5.44. The van der Waals surface area contributed by atoms with Crippen LogP contribution in [0, 0.1) is 0 Å². The first kappa shape index (κ1) is 21.4. The molecule has 0 saturated carbocycles. The number of amides is 2. The Labute approximate surface area is 190 Å². The largest absolute Gasteiger partial charge is 0.332 e. The molecule has 0 bridgehead atoms. The molecule has 6 nitrogen and oxygen atoms in total. The van der Waals surface area contributed by atoms with Gasteiger partial charge in [0.05, 0.1) is 17.1 Å². The molecule has 1 heterocycles. The number of hydrogen-bond acceptors (Lipinski definition) is 4. The summed E-state index contributed by atoms with van der Waals surface area (Å²) in [5, 5.41) is 6.24. The van der Waals surface area contributed by atoms with Crippen LogP contribution < -0.4 is 10.6 Å². The molecule has 0 unspecified atom stereocenters. The third-order valence-electron chi connectivity index (χ3n) is 4.62. The molecular weight excluding hydrogens is 420 g/mol. The molecule has 3 aromatic carbocycles. The maximum absolute atomic E-state index is 12.4. The number of nitrogens with one attached hydrogen (secondary N) is 3. The lowest BCUT2D eigenvalue weighted by atomic mass is 10.1. The minimum Gasteiger partial charge on any atom is -0.332 e. The van der Waals surface area contributed by atoms with Gasteiger partial charge in [0.2, 0.25) is 11.8 Å². The van der Waals surface area contributed by atoms with Gasteiger partial charge in [-0.25, -0.2) is 4.98 Å². The Kier molecular flexibility index (Phi) is 6.67. The third-order valence-corrected chi connectivity index (χ3v) is 5.49. The van der Waals surface area contributed by atoms with Crippen molar-refractivity contribution in [2.24, 2.45) is 0 Å². The van der Waals surface area contributed by atoms with Crippen LogP contribution in [-0.4, -0.2) is 27.5 Å². The summed E-state index contributed by atoms with van der Waals surface area (Å²) >= 11 is 1.35. The zero-order valence-corrected chi connectivity index (χ0v) is 18.3. The second-order valence-electron chi connectivity index (χ2n) is 7.09. The Morgan fingerprint density at radius 3 is 1.97 bits per heavy atom. The van der Waals surface area contributed by atoms with Crippen molar-refractivity contribution in [1.29, 1.82) is 0 Å². The number of anilines is 2. The van der Waals surface area contributed by atoms with Gasteiger partial charge in [-0.2, -0.15) is 0 Å². The van der Waals surface area contributed by atoms with Gasteiger partial charge in [0, 0.05) is 29.4 Å². The fourth-order valence-corrected chi connectivity index (χ4v) is 3.88. The standard InChI is InChI=1S/C25H22N4O2S/c1-17(30)26-20-12-14-21(15-13-20)27-22(31)16-32-25-28-23(18-8-4-2-5-9-18)24(29-25)19-10-6-3-7-11-19/h2-15H,16H2,1H3,(H,26,30)(H,27,31)(H,28,29). The van der Waals surface area contributed by atoms with E-state index in [1.165, 1.54) is 18.7 Å². The molecule has 1 aromatic heterocycles. The normalized spacial score (nSPS) is 10.5. The van der Waals surface area contributed by atoms with Crippen LogP contribution in [0.15, 0.2) is 90.1 Å². The van der Waals surface area contributed by atoms with E-state index in [1.54, 1.807) is 24.3 Å². The lowest BCUT2D eigenvalue weighted by Gasteiger charge is -2.06. The Hall–Kier alpha value is -3.84. The van der Waals surface area contributed by atoms with Gasteiger partial charge in [0.1, 0.15) is 0 Å². The van der Waals surface area contributed by atoms with Crippen LogP contribution >= 0.6 is 11.8 Å². The van der Waals surface area contributed by atoms with Crippen LogP contribution in [0.25, 0.3) is 22.5 Å². The van der Waals surface area contributed by atoms with Gasteiger partial charge in [-0.05, 0) is 24.3 Å². The average molecular weight is 443 g/mol. The molecular formula is C25H22N4O2S. The number of carbonyl (C=O) groups excluding carboxylic acids is 2. The first-order valence-corrected chi connectivity index (χ1v) is 11.1. The van der Waals surface area contributed by atoms with Gasteiger partial charge in [0.25, 0.3) is 0 Å². The van der Waals surface area contributed by atoms with E-state index in [4.69, 9.17) is 4.98 Å². The van der Waals surface area contributed by atoms with E-state index in [-0.39, 0.29) is 17.6 Å². The molecule has 7 heteroatoms. The maximum atomic E-state index is 12.4. The molecule has 0 radical (unpaired) electrons. The molecule has 2 amide bonds. The SMILES string of the molecule is CC(=O)Nc1ccc(NC(=O)CSc2nc(-c3ccccc3)c(-c3ccccc3)[nH]2)cc1. The highest BCUT2D eigenvalue weighted by Gasteiger charge is 2.15. The predicted octanol–water partition coefficient (Wildman–Crippen LogP) is 5.43. The van der Waals surface area contributed by atoms with E-state index in [1.807, 2.05) is 60.7 Å². The van der Waals surface area contributed by atoms with Crippen LogP contribution in [0.1, 0.15) is 6.92 Å². The summed E-state index contributed by atoms with van der Waals surface area (Å²) < 4.78 is 0. The molecule has 0 aliphatic rings. The van der Waals surface area contributed by atoms with Crippen LogP contribution in [0.5, 0.6) is 0 Å². The molecule has 0 aliphatic heterocycles. The zero-order valence-electron chi connectivity index (χ0n) is 17.5. The summed E-state index contributed by atoms with van der Waals surface area (Å²) in [5.41, 5.74) is 5.18. The van der Waals surface area contributed by atoms with Gasteiger partial charge in [-0.15, -0.1) is 0 Å². The van der Waals surface area contributed by atoms with Crippen LogP contribution in [0.4, 0.5) is 11.4 Å². The summed E-state index contributed by atoms with van der Waals surface area (Å²) in [6.45, 7) is 1.45. The summed E-state index contributed by atoms with van der Waals surface area (Å²) in [5.74, 6) is -0.0637. The van der Waals surface area contributed by atoms with Crippen LogP contribution in [0.3, 0.4) is 0 Å². The van der Waals surface area contributed by atoms with E-state index < -0.39 is 0 Å². The number of imidazole rings is 1. The average Bonchev–Trinajstić information content (AvgIpc) is 3.24. The number of hydrogen-bond donors (Lipinski definition) is 3. The Morgan fingerprint density at radius 2 is 1.38 bits per heavy atom. The highest BCUT2D eigenvalue weighted by molar-refractivity contribution is 7.99. The van der Waals surface area contributed by atoms with E-state index in [0.717, 1.165) is 22.5 Å². The van der Waals surface area contributed by atoms with Crippen molar-refractivity contribution < 1.29 is 9.59 Å². The summed E-state index contributed by atoms with van der Waals surface area (Å²) in [4.78, 5) is 31.7. The first-order valence-electron chi connectivity index (χ1n) is 10.1. The zero-order chi connectivity index (χ0) is 22.3. The number of H-pyrrole nitrogens is 1. The Balaban J connectivity index is 1.46. The number of aromatic amines is 1. The number of aromatic nitrogens is 2. The highest BCUT2D eigenvalue weighted by atomic mass is 32.2. The molecule has 0 saturated heterocycles. The molecule has 0 spiro atoms. The summed E-state index contributed by atoms with van der Waals surface area (Å²) in [6.07, 6.45) is 0. The van der Waals surface area contributed by atoms with E-state index >= 15 is 0 Å². The van der Waals surface area contributed by atoms with Crippen molar-refractivity contribution in [3.63, 3.8) is 0 Å². The maximum Gasteiger partial charge on any atom is 0.234 e. The first-order chi connectivity index (χ1) is 15.6. The van der Waals surface area contributed by atoms with Crippen LogP contribution in [-0.2, 0) is 9.59 Å². The number of nitrogens with zero attached hydrogens (tertiary/aromatic N) is 1. The van der Waals surface area contributed by atoms with Crippen molar-refractivity contribution in [2.45, 2.75) is 12.1 Å². The lowest BCUT2D eigenvalue weighted by Crippen LogP contribution is -2.14. The van der Waals surface area contributed by atoms with Gasteiger partial charge in [0.15, 0.2) is 5.16 Å². The molecule has 4 rings (SSSR count). The minimum absolute atomic E-state index is 0.138. The van der Waals surface area contributed by atoms with Gasteiger partial charge >= 0.3 is 0 Å². The van der Waals surface area contributed by atoms with Crippen molar-refractivity contribution >= 4 is 35.0 Å². The Bertz CT molecular complexity index is 1150. The molecule has 160 valence electrons. The minimum atomic E-state index is -0.138. The summed E-state index contributed by atoms with van der Waals surface area (Å²) in [6, 6.07) is 27.0. The number of benzene rings is 3. The quantitative estimate of drug-likeness (QED) is 0.333. The van der Waals surface area contributed by atoms with E-state index in [2.05, 4.69) is 15.6 Å². The van der Waals surface area contributed by atoms with Crippen molar-refractivity contribution in [3.05, 3.63) is 84.9 Å². The van der Waals surface area contributed by atoms with Gasteiger partial charge < -0.3 is 15.6 Å². The number of thioether (sulfide) groups is 1. The fourth-order valence-electron chi connectivity index (χ4n) is 3.21. The van der Waals surface area contributed by atoms with Crippen molar-refractivity contribution in [3.8, 4) is 22.5 Å². The second-order valence-corrected chi connectivity index (χ2v) is 8.06. The molecule has 4 aromatic rings. The molecule has 3 N–H and O–H groups in total. The Morgan fingerprint density at radius 1 is 0.812 bits per heavy atom. The van der Waals surface area contributed by atoms with Crippen LogP contribution in [0.2, 0.25) is 0 Å². The molecule has 0 atom stereocenters. The topological polar surface area (TPSA) is 86.9 Å². The lowest BCUT2D eigenvalue weighted by molar-refractivity contribution is -0.114. The molecule has 0 aliphatic carbocycles. The fraction of sp³-hybridized carbons (Fsp3) is 0.0800. The predicted molar refractivity (Wildman–Crippen MR) is 130 cm³/mol. The smallest absolute Gasteiger partial charge is 0.234 e. The highest BCUT2D eigenvalue weighted by Crippen LogP contribution is 2.32. The van der Waals surface area contributed by atoms with Crippen molar-refractivity contribution in [2.75, 3.05) is 16.4 Å². The van der Waals surface area contributed by atoms with E-state index in [0.29, 0.717) is 16.5 Å². The summed E-state index contributed by atoms with van der Waals surface area (Å²) in [7, 11) is 0. The van der Waals surface area contributed by atoms with E-state index in [9.17, 15) is 9.59 Å². The van der Waals surface area contributed by atoms with Crippen molar-refractivity contribution in [1.82, 2.24) is 9.97 Å². The number of rotatable bonds is 7. The number of carbonyl (C=O) groups is 2.